The molecule has 2 rings (SSSR count). The Bertz CT molecular complexity index is 730. The van der Waals surface area contributed by atoms with Crippen molar-refractivity contribution in [3.63, 3.8) is 0 Å². The van der Waals surface area contributed by atoms with E-state index in [-0.39, 0.29) is 29.6 Å². The maximum Gasteiger partial charge on any atom is 0.395 e. The minimum absolute atomic E-state index is 0.169. The zero-order chi connectivity index (χ0) is 18.8. The number of rotatable bonds is 6. The first kappa shape index (κ1) is 19.7. The van der Waals surface area contributed by atoms with Crippen LogP contribution in [0.25, 0.3) is 0 Å². The molecule has 25 heavy (non-hydrogen) atoms. The van der Waals surface area contributed by atoms with Crippen molar-refractivity contribution >= 4 is 13.4 Å². The summed E-state index contributed by atoms with van der Waals surface area (Å²) in [7, 11) is -3.57. The lowest BCUT2D eigenvalue weighted by molar-refractivity contribution is 0.0600. The molecule has 0 unspecified atom stereocenters. The maximum absolute atomic E-state index is 13.2. The Hall–Kier alpha value is -1.63. The zero-order valence-corrected chi connectivity index (χ0v) is 16.1. The molecule has 0 fully saturated rings. The van der Waals surface area contributed by atoms with Gasteiger partial charge in [0.2, 0.25) is 5.50 Å². The van der Waals surface area contributed by atoms with Crippen LogP contribution in [0.4, 0.5) is 5.82 Å². The smallest absolute Gasteiger partial charge is 0.395 e. The van der Waals surface area contributed by atoms with Crippen LogP contribution in [0.2, 0.25) is 0 Å². The summed E-state index contributed by atoms with van der Waals surface area (Å²) in [5, 5.41) is 0. The number of ether oxygens (including phenoxy) is 1. The van der Waals surface area contributed by atoms with Crippen molar-refractivity contribution in [2.24, 2.45) is 0 Å². The van der Waals surface area contributed by atoms with Crippen LogP contribution in [-0.4, -0.2) is 27.9 Å². The predicted molar refractivity (Wildman–Crippen MR) is 95.2 cm³/mol. The molecule has 1 aromatic heterocycles. The molecule has 2 heterocycles. The fourth-order valence-electron chi connectivity index (χ4n) is 2.61. The van der Waals surface area contributed by atoms with Gasteiger partial charge in [0.15, 0.2) is 0 Å². The summed E-state index contributed by atoms with van der Waals surface area (Å²) < 4.78 is 31.6. The van der Waals surface area contributed by atoms with E-state index in [1.165, 1.54) is 4.57 Å². The SMILES string of the molecule is CC(C)OP(=O)(OC(C)C)C1=CC[C@H](n2ccc(N)nc2=O)[C@H](C)O1. The van der Waals surface area contributed by atoms with Crippen molar-refractivity contribution in [1.82, 2.24) is 9.55 Å². The first-order valence-electron chi connectivity index (χ1n) is 8.31. The third-order valence-electron chi connectivity index (χ3n) is 3.56. The van der Waals surface area contributed by atoms with Crippen LogP contribution in [-0.2, 0) is 18.3 Å². The summed E-state index contributed by atoms with van der Waals surface area (Å²) in [5.41, 5.74) is 5.27. The number of nitrogens with zero attached hydrogens (tertiary/aromatic N) is 2. The molecule has 0 saturated carbocycles. The number of aromatic nitrogens is 2. The average molecular weight is 371 g/mol. The lowest BCUT2D eigenvalue weighted by Crippen LogP contribution is -2.35. The third kappa shape index (κ3) is 4.71. The van der Waals surface area contributed by atoms with Gasteiger partial charge in [0.1, 0.15) is 11.9 Å². The molecule has 9 heteroatoms. The molecule has 2 atom stereocenters. The molecule has 0 aromatic carbocycles. The minimum Gasteiger partial charge on any atom is -0.481 e. The first-order valence-corrected chi connectivity index (χ1v) is 9.85. The summed E-state index contributed by atoms with van der Waals surface area (Å²) in [6.45, 7) is 8.93. The zero-order valence-electron chi connectivity index (χ0n) is 15.2. The van der Waals surface area contributed by atoms with E-state index < -0.39 is 19.4 Å². The van der Waals surface area contributed by atoms with Crippen molar-refractivity contribution in [2.45, 2.75) is 65.4 Å². The van der Waals surface area contributed by atoms with Crippen LogP contribution >= 0.6 is 7.60 Å². The predicted octanol–water partition coefficient (Wildman–Crippen LogP) is 3.06. The number of allylic oxidation sites excluding steroid dienone is 1. The molecule has 140 valence electrons. The summed E-state index contributed by atoms with van der Waals surface area (Å²) in [6.07, 6.45) is 2.71. The van der Waals surface area contributed by atoms with Gasteiger partial charge in [0.25, 0.3) is 0 Å². The lowest BCUT2D eigenvalue weighted by atomic mass is 10.1. The molecular weight excluding hydrogens is 345 g/mol. The summed E-state index contributed by atoms with van der Waals surface area (Å²) in [5.74, 6) is 0.169. The van der Waals surface area contributed by atoms with Gasteiger partial charge in [-0.15, -0.1) is 0 Å². The van der Waals surface area contributed by atoms with Crippen LogP contribution in [0.15, 0.2) is 28.6 Å². The van der Waals surface area contributed by atoms with Gasteiger partial charge in [-0.3, -0.25) is 9.13 Å². The third-order valence-corrected chi connectivity index (χ3v) is 5.79. The lowest BCUT2D eigenvalue weighted by Gasteiger charge is -2.33. The molecule has 2 N–H and O–H groups in total. The Balaban J connectivity index is 2.30. The molecule has 1 aliphatic heterocycles. The van der Waals surface area contributed by atoms with Gasteiger partial charge >= 0.3 is 13.3 Å². The average Bonchev–Trinajstić information content (AvgIpc) is 2.46. The number of nitrogen functional groups attached to an aromatic ring is 1. The van der Waals surface area contributed by atoms with E-state index in [9.17, 15) is 9.36 Å². The van der Waals surface area contributed by atoms with Gasteiger partial charge in [-0.05, 0) is 53.2 Å². The Labute approximate surface area is 147 Å². The fourth-order valence-corrected chi connectivity index (χ4v) is 4.60. The standard InChI is InChI=1S/C16H26N3O5P/c1-10(2)23-25(21,24-11(3)4)15-7-6-13(12(5)22-15)19-9-8-14(17)18-16(19)20/h7-13H,6H2,1-5H3,(H2,17,18,20)/t12-,13-/m0/s1. The van der Waals surface area contributed by atoms with Gasteiger partial charge in [-0.25, -0.2) is 4.79 Å². The van der Waals surface area contributed by atoms with E-state index in [1.54, 1.807) is 53.0 Å². The van der Waals surface area contributed by atoms with Gasteiger partial charge in [0.05, 0.1) is 18.2 Å². The molecule has 0 amide bonds. The number of anilines is 1. The highest BCUT2D eigenvalue weighted by molar-refractivity contribution is 7.58. The van der Waals surface area contributed by atoms with E-state index in [4.69, 9.17) is 19.5 Å². The van der Waals surface area contributed by atoms with E-state index in [0.29, 0.717) is 6.42 Å². The number of hydrogen-bond donors (Lipinski definition) is 1. The van der Waals surface area contributed by atoms with Gasteiger partial charge in [0, 0.05) is 6.20 Å². The van der Waals surface area contributed by atoms with Gasteiger partial charge < -0.3 is 19.5 Å². The van der Waals surface area contributed by atoms with Crippen molar-refractivity contribution in [1.29, 1.82) is 0 Å². The Morgan fingerprint density at radius 3 is 2.40 bits per heavy atom. The number of nitrogens with two attached hydrogens (primary N) is 1. The number of hydrogen-bond acceptors (Lipinski definition) is 7. The van der Waals surface area contributed by atoms with Crippen LogP contribution < -0.4 is 11.4 Å². The quantitative estimate of drug-likeness (QED) is 0.766. The second-order valence-corrected chi connectivity index (χ2v) is 8.37. The maximum atomic E-state index is 13.2. The second-order valence-electron chi connectivity index (χ2n) is 6.52. The van der Waals surface area contributed by atoms with Crippen molar-refractivity contribution in [3.05, 3.63) is 34.3 Å². The van der Waals surface area contributed by atoms with Crippen molar-refractivity contribution < 1.29 is 18.3 Å². The minimum atomic E-state index is -3.57. The topological polar surface area (TPSA) is 106 Å². The van der Waals surface area contributed by atoms with Crippen molar-refractivity contribution in [2.75, 3.05) is 5.73 Å². The monoisotopic (exact) mass is 371 g/mol. The van der Waals surface area contributed by atoms with E-state index in [0.717, 1.165) is 0 Å². The van der Waals surface area contributed by atoms with Crippen molar-refractivity contribution in [3.8, 4) is 0 Å². The van der Waals surface area contributed by atoms with E-state index >= 15 is 0 Å². The molecular formula is C16H26N3O5P. The second kappa shape index (κ2) is 7.72. The molecule has 1 aromatic rings. The van der Waals surface area contributed by atoms with Crippen LogP contribution in [0.3, 0.4) is 0 Å². The largest absolute Gasteiger partial charge is 0.481 e. The first-order chi connectivity index (χ1) is 11.6. The van der Waals surface area contributed by atoms with Crippen LogP contribution in [0, 0.1) is 0 Å². The Morgan fingerprint density at radius 1 is 1.32 bits per heavy atom. The molecule has 0 spiro atoms. The summed E-state index contributed by atoms with van der Waals surface area (Å²) in [4.78, 5) is 15.8. The fraction of sp³-hybridized carbons (Fsp3) is 0.625. The molecule has 8 nitrogen and oxygen atoms in total. The van der Waals surface area contributed by atoms with Crippen LogP contribution in [0.1, 0.15) is 47.1 Å². The molecule has 0 aliphatic carbocycles. The highest BCUT2D eigenvalue weighted by atomic mass is 31.2. The summed E-state index contributed by atoms with van der Waals surface area (Å²) in [6, 6.07) is 1.28. The van der Waals surface area contributed by atoms with E-state index in [2.05, 4.69) is 4.98 Å². The van der Waals surface area contributed by atoms with E-state index in [1.807, 2.05) is 0 Å². The van der Waals surface area contributed by atoms with Crippen LogP contribution in [0.5, 0.6) is 0 Å². The normalized spacial score (nSPS) is 21.3. The summed E-state index contributed by atoms with van der Waals surface area (Å²) >= 11 is 0. The molecule has 0 saturated heterocycles. The van der Waals surface area contributed by atoms with Gasteiger partial charge in [-0.2, -0.15) is 4.98 Å². The Kier molecular flexibility index (Phi) is 6.08. The Morgan fingerprint density at radius 2 is 1.92 bits per heavy atom. The molecule has 0 bridgehead atoms. The molecule has 0 radical (unpaired) electrons. The molecule has 1 aliphatic rings. The highest BCUT2D eigenvalue weighted by Crippen LogP contribution is 2.60. The highest BCUT2D eigenvalue weighted by Gasteiger charge is 2.39. The van der Waals surface area contributed by atoms with Gasteiger partial charge in [-0.1, -0.05) is 0 Å².